The third kappa shape index (κ3) is 6.29. The molecule has 0 saturated carbocycles. The Balaban J connectivity index is 2.38. The molecule has 0 bridgehead atoms. The maximum Gasteiger partial charge on any atom is 0.179 e. The summed E-state index contributed by atoms with van der Waals surface area (Å²) in [6.45, 7) is 0.763. The molecule has 0 fully saturated rings. The first-order chi connectivity index (χ1) is 9.05. The van der Waals surface area contributed by atoms with Crippen molar-refractivity contribution in [3.05, 3.63) is 18.3 Å². The first kappa shape index (κ1) is 16.3. The van der Waals surface area contributed by atoms with E-state index in [1.807, 2.05) is 11.8 Å². The Hall–Kier alpha value is -0.750. The Morgan fingerprint density at radius 2 is 2.00 bits per heavy atom. The summed E-state index contributed by atoms with van der Waals surface area (Å²) in [7, 11) is -3.22. The second kappa shape index (κ2) is 8.43. The largest absolute Gasteiger partial charge is 0.369 e. The minimum absolute atomic E-state index is 0.275. The molecule has 1 N–H and O–H groups in total. The monoisotopic (exact) mass is 302 g/mol. The van der Waals surface area contributed by atoms with Crippen molar-refractivity contribution in [2.75, 3.05) is 30.1 Å². The van der Waals surface area contributed by atoms with E-state index in [9.17, 15) is 8.42 Å². The normalized spacial score (nSPS) is 11.5. The van der Waals surface area contributed by atoms with Gasteiger partial charge in [0.25, 0.3) is 0 Å². The van der Waals surface area contributed by atoms with Gasteiger partial charge in [0.1, 0.15) is 10.7 Å². The summed E-state index contributed by atoms with van der Waals surface area (Å²) in [6.07, 6.45) is 9.61. The Morgan fingerprint density at radius 3 is 2.68 bits per heavy atom. The number of sulfone groups is 1. The van der Waals surface area contributed by atoms with Crippen molar-refractivity contribution >= 4 is 27.4 Å². The standard InChI is InChI=1S/C13H22N2O2S2/c1-18-11-6-4-3-5-9-14-13-12(19(2,16)17)8-7-10-15-13/h7-8,10H,3-6,9,11H2,1-2H3,(H,14,15). The van der Waals surface area contributed by atoms with Crippen LogP contribution in [0.4, 0.5) is 5.82 Å². The van der Waals surface area contributed by atoms with E-state index in [1.165, 1.54) is 24.9 Å². The smallest absolute Gasteiger partial charge is 0.179 e. The summed E-state index contributed by atoms with van der Waals surface area (Å²) in [5, 5.41) is 3.12. The van der Waals surface area contributed by atoms with E-state index in [-0.39, 0.29) is 4.90 Å². The third-order valence-corrected chi connectivity index (χ3v) is 4.56. The van der Waals surface area contributed by atoms with Gasteiger partial charge in [0, 0.05) is 19.0 Å². The highest BCUT2D eigenvalue weighted by Crippen LogP contribution is 2.17. The second-order valence-electron chi connectivity index (χ2n) is 4.46. The third-order valence-electron chi connectivity index (χ3n) is 2.74. The van der Waals surface area contributed by atoms with E-state index in [2.05, 4.69) is 16.6 Å². The number of aromatic nitrogens is 1. The van der Waals surface area contributed by atoms with E-state index in [0.29, 0.717) is 5.82 Å². The fourth-order valence-corrected chi connectivity index (χ4v) is 3.05. The molecule has 0 amide bonds. The SMILES string of the molecule is CSCCCCCCNc1ncccc1S(C)(=O)=O. The van der Waals surface area contributed by atoms with Crippen LogP contribution in [0.15, 0.2) is 23.2 Å². The molecule has 1 aromatic rings. The molecule has 0 unspecified atom stereocenters. The van der Waals surface area contributed by atoms with Crippen molar-refractivity contribution in [1.82, 2.24) is 4.98 Å². The highest BCUT2D eigenvalue weighted by molar-refractivity contribution is 7.98. The van der Waals surface area contributed by atoms with Crippen molar-refractivity contribution in [3.8, 4) is 0 Å². The Bertz CT molecular complexity index is 475. The lowest BCUT2D eigenvalue weighted by Gasteiger charge is -2.09. The Morgan fingerprint density at radius 1 is 1.26 bits per heavy atom. The van der Waals surface area contributed by atoms with Gasteiger partial charge in [0.15, 0.2) is 9.84 Å². The second-order valence-corrected chi connectivity index (χ2v) is 7.43. The summed E-state index contributed by atoms with van der Waals surface area (Å²) in [5.74, 6) is 1.68. The zero-order valence-corrected chi connectivity index (χ0v) is 13.2. The molecule has 1 aromatic heterocycles. The molecule has 6 heteroatoms. The predicted octanol–water partition coefficient (Wildman–Crippen LogP) is 2.82. The number of rotatable bonds is 9. The quantitative estimate of drug-likeness (QED) is 0.711. The van der Waals surface area contributed by atoms with Gasteiger partial charge in [-0.2, -0.15) is 11.8 Å². The zero-order valence-electron chi connectivity index (χ0n) is 11.6. The molecule has 0 aliphatic rings. The number of anilines is 1. The van der Waals surface area contributed by atoms with Crippen molar-refractivity contribution in [3.63, 3.8) is 0 Å². The average molecular weight is 302 g/mol. The van der Waals surface area contributed by atoms with Crippen molar-refractivity contribution in [2.24, 2.45) is 0 Å². The van der Waals surface area contributed by atoms with E-state index >= 15 is 0 Å². The van der Waals surface area contributed by atoms with E-state index in [4.69, 9.17) is 0 Å². The van der Waals surface area contributed by atoms with E-state index < -0.39 is 9.84 Å². The summed E-state index contributed by atoms with van der Waals surface area (Å²) < 4.78 is 23.2. The lowest BCUT2D eigenvalue weighted by Crippen LogP contribution is -2.09. The van der Waals surface area contributed by atoms with Gasteiger partial charge >= 0.3 is 0 Å². The molecule has 0 atom stereocenters. The van der Waals surface area contributed by atoms with Crippen LogP contribution in [0.25, 0.3) is 0 Å². The molecule has 1 heterocycles. The number of hydrogen-bond donors (Lipinski definition) is 1. The average Bonchev–Trinajstić information content (AvgIpc) is 2.37. The van der Waals surface area contributed by atoms with Crippen LogP contribution in [0.1, 0.15) is 25.7 Å². The number of nitrogens with zero attached hydrogens (tertiary/aromatic N) is 1. The summed E-state index contributed by atoms with van der Waals surface area (Å²) in [5.41, 5.74) is 0. The van der Waals surface area contributed by atoms with Crippen LogP contribution in [0.5, 0.6) is 0 Å². The summed E-state index contributed by atoms with van der Waals surface area (Å²) >= 11 is 1.87. The fraction of sp³-hybridized carbons (Fsp3) is 0.615. The molecule has 0 spiro atoms. The molecule has 0 aliphatic carbocycles. The first-order valence-electron chi connectivity index (χ1n) is 6.43. The van der Waals surface area contributed by atoms with E-state index in [0.717, 1.165) is 19.4 Å². The highest BCUT2D eigenvalue weighted by Gasteiger charge is 2.12. The zero-order chi connectivity index (χ0) is 14.1. The van der Waals surface area contributed by atoms with Crippen LogP contribution >= 0.6 is 11.8 Å². The van der Waals surface area contributed by atoms with Crippen LogP contribution < -0.4 is 5.32 Å². The van der Waals surface area contributed by atoms with Gasteiger partial charge in [-0.1, -0.05) is 12.8 Å². The fourth-order valence-electron chi connectivity index (χ4n) is 1.75. The Labute approximate surface area is 120 Å². The van der Waals surface area contributed by atoms with Gasteiger partial charge in [-0.05, 0) is 37.0 Å². The van der Waals surface area contributed by atoms with Crippen LogP contribution in [0, 0.1) is 0 Å². The van der Waals surface area contributed by atoms with Gasteiger partial charge in [-0.15, -0.1) is 0 Å². The number of pyridine rings is 1. The lowest BCUT2D eigenvalue weighted by atomic mass is 10.2. The molecular weight excluding hydrogens is 280 g/mol. The molecule has 4 nitrogen and oxygen atoms in total. The molecule has 0 aliphatic heterocycles. The van der Waals surface area contributed by atoms with Gasteiger partial charge < -0.3 is 5.32 Å². The molecule has 108 valence electrons. The van der Waals surface area contributed by atoms with Gasteiger partial charge in [-0.25, -0.2) is 13.4 Å². The van der Waals surface area contributed by atoms with Crippen molar-refractivity contribution in [1.29, 1.82) is 0 Å². The maximum absolute atomic E-state index is 11.6. The number of unbranched alkanes of at least 4 members (excludes halogenated alkanes) is 3. The number of nitrogens with one attached hydrogen (secondary N) is 1. The van der Waals surface area contributed by atoms with Crippen molar-refractivity contribution < 1.29 is 8.42 Å². The molecule has 19 heavy (non-hydrogen) atoms. The summed E-state index contributed by atoms with van der Waals surface area (Å²) in [6, 6.07) is 3.23. The van der Waals surface area contributed by atoms with Crippen LogP contribution in [0.2, 0.25) is 0 Å². The minimum Gasteiger partial charge on any atom is -0.369 e. The predicted molar refractivity (Wildman–Crippen MR) is 82.7 cm³/mol. The number of thioether (sulfide) groups is 1. The minimum atomic E-state index is -3.22. The summed E-state index contributed by atoms with van der Waals surface area (Å²) in [4.78, 5) is 4.37. The lowest BCUT2D eigenvalue weighted by molar-refractivity contribution is 0.601. The molecule has 1 rings (SSSR count). The molecular formula is C13H22N2O2S2. The van der Waals surface area contributed by atoms with Crippen LogP contribution in [-0.2, 0) is 9.84 Å². The van der Waals surface area contributed by atoms with E-state index in [1.54, 1.807) is 18.3 Å². The Kier molecular flexibility index (Phi) is 7.23. The van der Waals surface area contributed by atoms with Crippen molar-refractivity contribution in [2.45, 2.75) is 30.6 Å². The molecule has 0 radical (unpaired) electrons. The van der Waals surface area contributed by atoms with Gasteiger partial charge in [0.05, 0.1) is 0 Å². The highest BCUT2D eigenvalue weighted by atomic mass is 32.2. The first-order valence-corrected chi connectivity index (χ1v) is 9.72. The van der Waals surface area contributed by atoms with Crippen LogP contribution in [0.3, 0.4) is 0 Å². The molecule has 0 aromatic carbocycles. The van der Waals surface area contributed by atoms with Crippen LogP contribution in [-0.4, -0.2) is 38.2 Å². The number of hydrogen-bond acceptors (Lipinski definition) is 5. The topological polar surface area (TPSA) is 59.1 Å². The maximum atomic E-state index is 11.6. The molecule has 0 saturated heterocycles. The van der Waals surface area contributed by atoms with Gasteiger partial charge in [-0.3, -0.25) is 0 Å². The van der Waals surface area contributed by atoms with Gasteiger partial charge in [0.2, 0.25) is 0 Å².